The van der Waals surface area contributed by atoms with Crippen LogP contribution >= 0.6 is 0 Å². The van der Waals surface area contributed by atoms with E-state index in [9.17, 15) is 4.79 Å². The number of nitrogens with zero attached hydrogens (tertiary/aromatic N) is 1. The van der Waals surface area contributed by atoms with Gasteiger partial charge >= 0.3 is 0 Å². The molecule has 3 rings (SSSR count). The number of benzene rings is 1. The van der Waals surface area contributed by atoms with E-state index in [1.807, 2.05) is 4.90 Å². The number of fused-ring (bicyclic) bond motifs is 1. The standard InChI is InChI=1S/C18H26N2O/c1-14(21)20-12-11-15-13-17(9-10-18(15)20)19-16-7-5-3-2-4-6-8-16/h9-10,13,16,19H,2-8,11-12H2,1H3. The van der Waals surface area contributed by atoms with E-state index in [1.165, 1.54) is 56.2 Å². The second-order valence-corrected chi connectivity index (χ2v) is 6.45. The monoisotopic (exact) mass is 286 g/mol. The molecule has 114 valence electrons. The predicted octanol–water partition coefficient (Wildman–Crippen LogP) is 4.12. The maximum atomic E-state index is 11.6. The SMILES string of the molecule is CC(=O)N1CCc2cc(NC3CCCCCCC3)ccc21. The molecule has 1 aliphatic heterocycles. The van der Waals surface area contributed by atoms with E-state index in [2.05, 4.69) is 23.5 Å². The molecule has 0 bridgehead atoms. The van der Waals surface area contributed by atoms with Gasteiger partial charge in [0.15, 0.2) is 0 Å². The van der Waals surface area contributed by atoms with Crippen LogP contribution in [0.5, 0.6) is 0 Å². The molecule has 1 aliphatic carbocycles. The average Bonchev–Trinajstić information content (AvgIpc) is 2.85. The molecule has 0 atom stereocenters. The average molecular weight is 286 g/mol. The fraction of sp³-hybridized carbons (Fsp3) is 0.611. The third-order valence-electron chi connectivity index (χ3n) is 4.83. The van der Waals surface area contributed by atoms with Gasteiger partial charge in [-0.2, -0.15) is 0 Å². The molecule has 0 unspecified atom stereocenters. The Bertz CT molecular complexity index is 504. The molecule has 1 heterocycles. The third-order valence-corrected chi connectivity index (χ3v) is 4.83. The van der Waals surface area contributed by atoms with Gasteiger partial charge < -0.3 is 10.2 Å². The molecule has 1 saturated carbocycles. The molecule has 21 heavy (non-hydrogen) atoms. The van der Waals surface area contributed by atoms with E-state index >= 15 is 0 Å². The largest absolute Gasteiger partial charge is 0.382 e. The zero-order valence-corrected chi connectivity index (χ0v) is 13.0. The van der Waals surface area contributed by atoms with Crippen LogP contribution < -0.4 is 10.2 Å². The van der Waals surface area contributed by atoms with Crippen LogP contribution in [-0.2, 0) is 11.2 Å². The third kappa shape index (κ3) is 3.39. The molecule has 1 N–H and O–H groups in total. The number of carbonyl (C=O) groups is 1. The number of anilines is 2. The van der Waals surface area contributed by atoms with Crippen molar-refractivity contribution in [2.24, 2.45) is 0 Å². The van der Waals surface area contributed by atoms with Gasteiger partial charge in [0.2, 0.25) is 5.91 Å². The Morgan fingerprint density at radius 1 is 1.14 bits per heavy atom. The first-order valence-electron chi connectivity index (χ1n) is 8.41. The summed E-state index contributed by atoms with van der Waals surface area (Å²) < 4.78 is 0. The van der Waals surface area contributed by atoms with Crippen molar-refractivity contribution in [1.82, 2.24) is 0 Å². The van der Waals surface area contributed by atoms with Crippen LogP contribution in [-0.4, -0.2) is 18.5 Å². The summed E-state index contributed by atoms with van der Waals surface area (Å²) in [6, 6.07) is 7.11. The maximum Gasteiger partial charge on any atom is 0.223 e. The highest BCUT2D eigenvalue weighted by atomic mass is 16.2. The van der Waals surface area contributed by atoms with Gasteiger partial charge in [-0.3, -0.25) is 4.79 Å². The summed E-state index contributed by atoms with van der Waals surface area (Å²) >= 11 is 0. The van der Waals surface area contributed by atoms with E-state index in [4.69, 9.17) is 0 Å². The van der Waals surface area contributed by atoms with Gasteiger partial charge in [0.1, 0.15) is 0 Å². The molecule has 1 aromatic carbocycles. The molecule has 1 amide bonds. The minimum absolute atomic E-state index is 0.148. The van der Waals surface area contributed by atoms with Gasteiger partial charge in [0, 0.05) is 30.9 Å². The minimum Gasteiger partial charge on any atom is -0.382 e. The minimum atomic E-state index is 0.148. The summed E-state index contributed by atoms with van der Waals surface area (Å²) in [5.41, 5.74) is 3.64. The maximum absolute atomic E-state index is 11.6. The summed E-state index contributed by atoms with van der Waals surface area (Å²) in [7, 11) is 0. The molecule has 2 aliphatic rings. The van der Waals surface area contributed by atoms with Gasteiger partial charge in [-0.15, -0.1) is 0 Å². The van der Waals surface area contributed by atoms with Gasteiger partial charge in [0.25, 0.3) is 0 Å². The number of nitrogens with one attached hydrogen (secondary N) is 1. The van der Waals surface area contributed by atoms with Crippen molar-refractivity contribution < 1.29 is 4.79 Å². The predicted molar refractivity (Wildman–Crippen MR) is 87.9 cm³/mol. The van der Waals surface area contributed by atoms with Crippen molar-refractivity contribution in [2.45, 2.75) is 64.3 Å². The smallest absolute Gasteiger partial charge is 0.223 e. The molecule has 0 radical (unpaired) electrons. The second-order valence-electron chi connectivity index (χ2n) is 6.45. The molecule has 0 saturated heterocycles. The fourth-order valence-corrected chi connectivity index (χ4v) is 3.65. The molecular formula is C18H26N2O. The van der Waals surface area contributed by atoms with Crippen molar-refractivity contribution in [3.63, 3.8) is 0 Å². The van der Waals surface area contributed by atoms with Crippen LogP contribution in [0.2, 0.25) is 0 Å². The Hall–Kier alpha value is -1.51. The van der Waals surface area contributed by atoms with Crippen LogP contribution in [0.3, 0.4) is 0 Å². The number of amides is 1. The van der Waals surface area contributed by atoms with E-state index in [0.717, 1.165) is 18.7 Å². The molecule has 1 aromatic rings. The normalized spacial score (nSPS) is 19.8. The van der Waals surface area contributed by atoms with Crippen LogP contribution in [0.15, 0.2) is 18.2 Å². The van der Waals surface area contributed by atoms with Gasteiger partial charge in [-0.1, -0.05) is 32.1 Å². The summed E-state index contributed by atoms with van der Waals surface area (Å²) in [4.78, 5) is 13.5. The lowest BCUT2D eigenvalue weighted by Crippen LogP contribution is -2.25. The lowest BCUT2D eigenvalue weighted by Gasteiger charge is -2.23. The fourth-order valence-electron chi connectivity index (χ4n) is 3.65. The highest BCUT2D eigenvalue weighted by Gasteiger charge is 2.22. The molecule has 3 heteroatoms. The number of rotatable bonds is 2. The van der Waals surface area contributed by atoms with Gasteiger partial charge in [0.05, 0.1) is 0 Å². The quantitative estimate of drug-likeness (QED) is 0.887. The highest BCUT2D eigenvalue weighted by molar-refractivity contribution is 5.94. The van der Waals surface area contributed by atoms with Crippen LogP contribution in [0, 0.1) is 0 Å². The van der Waals surface area contributed by atoms with E-state index in [-0.39, 0.29) is 5.91 Å². The topological polar surface area (TPSA) is 32.3 Å². The molecular weight excluding hydrogens is 260 g/mol. The lowest BCUT2D eigenvalue weighted by molar-refractivity contribution is -0.116. The first kappa shape index (κ1) is 14.4. The van der Waals surface area contributed by atoms with Crippen molar-refractivity contribution in [1.29, 1.82) is 0 Å². The summed E-state index contributed by atoms with van der Waals surface area (Å²) in [5.74, 6) is 0.148. The summed E-state index contributed by atoms with van der Waals surface area (Å²) in [6.07, 6.45) is 10.4. The zero-order valence-electron chi connectivity index (χ0n) is 13.0. The van der Waals surface area contributed by atoms with E-state index in [1.54, 1.807) is 6.92 Å². The summed E-state index contributed by atoms with van der Waals surface area (Å²) in [6.45, 7) is 2.48. The zero-order chi connectivity index (χ0) is 14.7. The van der Waals surface area contributed by atoms with Crippen molar-refractivity contribution in [2.75, 3.05) is 16.8 Å². The van der Waals surface area contributed by atoms with Crippen molar-refractivity contribution >= 4 is 17.3 Å². The lowest BCUT2D eigenvalue weighted by atomic mass is 9.96. The Morgan fingerprint density at radius 3 is 2.57 bits per heavy atom. The summed E-state index contributed by atoms with van der Waals surface area (Å²) in [5, 5.41) is 3.72. The van der Waals surface area contributed by atoms with E-state index < -0.39 is 0 Å². The highest BCUT2D eigenvalue weighted by Crippen LogP contribution is 2.31. The Labute approximate surface area is 127 Å². The Balaban J connectivity index is 1.68. The number of carbonyl (C=O) groups excluding carboxylic acids is 1. The van der Waals surface area contributed by atoms with Gasteiger partial charge in [-0.05, 0) is 43.0 Å². The Kier molecular flexibility index (Phi) is 4.47. The Morgan fingerprint density at radius 2 is 1.86 bits per heavy atom. The first-order valence-corrected chi connectivity index (χ1v) is 8.41. The second kappa shape index (κ2) is 6.50. The number of hydrogen-bond acceptors (Lipinski definition) is 2. The van der Waals surface area contributed by atoms with Crippen LogP contribution in [0.1, 0.15) is 57.4 Å². The van der Waals surface area contributed by atoms with Crippen molar-refractivity contribution in [3.05, 3.63) is 23.8 Å². The van der Waals surface area contributed by atoms with Crippen LogP contribution in [0.25, 0.3) is 0 Å². The molecule has 1 fully saturated rings. The first-order chi connectivity index (χ1) is 10.2. The van der Waals surface area contributed by atoms with Crippen LogP contribution in [0.4, 0.5) is 11.4 Å². The van der Waals surface area contributed by atoms with Gasteiger partial charge in [-0.25, -0.2) is 0 Å². The molecule has 3 nitrogen and oxygen atoms in total. The van der Waals surface area contributed by atoms with Crippen molar-refractivity contribution in [3.8, 4) is 0 Å². The molecule has 0 aromatic heterocycles. The van der Waals surface area contributed by atoms with E-state index in [0.29, 0.717) is 6.04 Å². The molecule has 0 spiro atoms. The number of hydrogen-bond donors (Lipinski definition) is 1.